The van der Waals surface area contributed by atoms with Gasteiger partial charge in [0, 0.05) is 24.2 Å². The number of carboxylic acid groups (broad SMARTS) is 1. The normalized spacial score (nSPS) is 15.0. The number of nitrogens with one attached hydrogen (secondary N) is 2. The third kappa shape index (κ3) is 4.97. The Kier molecular flexibility index (Phi) is 5.78. The predicted molar refractivity (Wildman–Crippen MR) is 113 cm³/mol. The number of piperazine rings is 1. The van der Waals surface area contributed by atoms with E-state index in [2.05, 4.69) is 20.7 Å². The summed E-state index contributed by atoms with van der Waals surface area (Å²) in [5.41, 5.74) is 2.45. The van der Waals surface area contributed by atoms with Gasteiger partial charge in [0.1, 0.15) is 0 Å². The van der Waals surface area contributed by atoms with Gasteiger partial charge in [-0.25, -0.2) is 9.31 Å². The highest BCUT2D eigenvalue weighted by Gasteiger charge is 2.22. The van der Waals surface area contributed by atoms with E-state index in [1.54, 1.807) is 36.4 Å². The number of nitrogens with zero attached hydrogens (tertiary/aromatic N) is 4. The Balaban J connectivity index is 0.000000710. The molecule has 31 heavy (non-hydrogen) atoms. The number of anilines is 1. The molecule has 5 rings (SSSR count). The van der Waals surface area contributed by atoms with Crippen LogP contribution in [-0.4, -0.2) is 62.1 Å². The van der Waals surface area contributed by atoms with Crippen molar-refractivity contribution in [2.24, 2.45) is 0 Å². The van der Waals surface area contributed by atoms with E-state index in [0.717, 1.165) is 5.56 Å². The first-order valence-corrected chi connectivity index (χ1v) is 10.0. The van der Waals surface area contributed by atoms with Crippen LogP contribution in [0.5, 0.6) is 0 Å². The maximum Gasteiger partial charge on any atom is 0.411 e. The molecule has 2 fully saturated rings. The Hall–Kier alpha value is -3.95. The molecule has 3 heterocycles. The van der Waals surface area contributed by atoms with Crippen LogP contribution in [0.25, 0.3) is 16.9 Å². The molecule has 0 radical (unpaired) electrons. The molecule has 160 valence electrons. The minimum Gasteiger partial charge on any atom is -0.465 e. The maximum absolute atomic E-state index is 12.6. The van der Waals surface area contributed by atoms with E-state index >= 15 is 0 Å². The van der Waals surface area contributed by atoms with Gasteiger partial charge in [0.05, 0.1) is 12.2 Å². The topological polar surface area (TPSA) is 129 Å². The number of hydrogen-bond donors (Lipinski definition) is 3. The van der Waals surface area contributed by atoms with Gasteiger partial charge in [-0.2, -0.15) is 4.98 Å². The maximum atomic E-state index is 12.6. The Labute approximate surface area is 177 Å². The molecule has 10 heteroatoms. The molecule has 1 aliphatic heterocycles. The molecular weight excluding hydrogens is 400 g/mol. The molecule has 1 saturated heterocycles. The highest BCUT2D eigenvalue weighted by molar-refractivity contribution is 5.97. The Morgan fingerprint density at radius 1 is 1.06 bits per heavy atom. The fourth-order valence-electron chi connectivity index (χ4n) is 3.05. The lowest BCUT2D eigenvalue weighted by Gasteiger charge is -2.26. The van der Waals surface area contributed by atoms with E-state index < -0.39 is 6.09 Å². The van der Waals surface area contributed by atoms with Gasteiger partial charge in [0.2, 0.25) is 5.91 Å². The number of pyridine rings is 1. The standard InChI is InChI=1S/C18H16N6O4.C3H6/c25-15-10-23(9-8-19-15)16(26)12-6-4-11(5-7-12)13-2-1-3-14-20-17(21-18(27)28)22-24(13)14;1-2-3-1/h1-7H,8-10H2,(H,19,25)(H,21,22)(H,27,28);1-3H2. The van der Waals surface area contributed by atoms with Crippen molar-refractivity contribution in [2.45, 2.75) is 19.3 Å². The zero-order chi connectivity index (χ0) is 21.8. The molecule has 2 aliphatic rings. The van der Waals surface area contributed by atoms with E-state index in [4.69, 9.17) is 5.11 Å². The minimum atomic E-state index is -1.24. The van der Waals surface area contributed by atoms with Crippen LogP contribution in [0.3, 0.4) is 0 Å². The molecule has 3 N–H and O–H groups in total. The van der Waals surface area contributed by atoms with Crippen molar-refractivity contribution < 1.29 is 19.5 Å². The average molecular weight is 422 g/mol. The lowest BCUT2D eigenvalue weighted by Crippen LogP contribution is -2.49. The third-order valence-corrected chi connectivity index (χ3v) is 4.69. The second-order valence-electron chi connectivity index (χ2n) is 7.26. The van der Waals surface area contributed by atoms with Gasteiger partial charge in [-0.05, 0) is 24.3 Å². The number of rotatable bonds is 3. The molecule has 0 atom stereocenters. The van der Waals surface area contributed by atoms with Crippen LogP contribution in [0.1, 0.15) is 29.6 Å². The molecule has 10 nitrogen and oxygen atoms in total. The number of amides is 3. The average Bonchev–Trinajstić information content (AvgIpc) is 3.59. The summed E-state index contributed by atoms with van der Waals surface area (Å²) in [6.07, 6.45) is 3.26. The van der Waals surface area contributed by atoms with Crippen LogP contribution in [-0.2, 0) is 4.79 Å². The second-order valence-corrected chi connectivity index (χ2v) is 7.26. The zero-order valence-electron chi connectivity index (χ0n) is 16.7. The summed E-state index contributed by atoms with van der Waals surface area (Å²) in [4.78, 5) is 40.5. The summed E-state index contributed by atoms with van der Waals surface area (Å²) in [7, 11) is 0. The Morgan fingerprint density at radius 3 is 2.45 bits per heavy atom. The number of aromatic nitrogens is 3. The summed E-state index contributed by atoms with van der Waals surface area (Å²) >= 11 is 0. The number of carbonyl (C=O) groups excluding carboxylic acids is 2. The van der Waals surface area contributed by atoms with E-state index in [-0.39, 0.29) is 24.3 Å². The number of carbonyl (C=O) groups is 3. The highest BCUT2D eigenvalue weighted by Crippen LogP contribution is 2.22. The molecule has 0 bridgehead atoms. The quantitative estimate of drug-likeness (QED) is 0.594. The summed E-state index contributed by atoms with van der Waals surface area (Å²) in [5, 5.41) is 17.8. The third-order valence-electron chi connectivity index (χ3n) is 4.69. The van der Waals surface area contributed by atoms with E-state index in [1.807, 2.05) is 6.07 Å². The van der Waals surface area contributed by atoms with E-state index in [0.29, 0.717) is 30.0 Å². The van der Waals surface area contributed by atoms with E-state index in [9.17, 15) is 14.4 Å². The van der Waals surface area contributed by atoms with Crippen molar-refractivity contribution >= 4 is 29.5 Å². The first-order valence-electron chi connectivity index (χ1n) is 10.0. The number of hydrogen-bond acceptors (Lipinski definition) is 5. The lowest BCUT2D eigenvalue weighted by molar-refractivity contribution is -0.123. The van der Waals surface area contributed by atoms with Crippen molar-refractivity contribution in [1.29, 1.82) is 0 Å². The van der Waals surface area contributed by atoms with Gasteiger partial charge in [-0.3, -0.25) is 14.9 Å². The molecular formula is C21H22N6O4. The van der Waals surface area contributed by atoms with Crippen molar-refractivity contribution in [3.05, 3.63) is 48.0 Å². The summed E-state index contributed by atoms with van der Waals surface area (Å²) in [6, 6.07) is 12.2. The SMILES string of the molecule is C1CC1.O=C(O)Nc1nc2cccc(-c3ccc(C(=O)N4CCNC(=O)C4)cc3)n2n1. The van der Waals surface area contributed by atoms with Crippen LogP contribution in [0.15, 0.2) is 42.5 Å². The largest absolute Gasteiger partial charge is 0.465 e. The van der Waals surface area contributed by atoms with Crippen molar-refractivity contribution in [3.8, 4) is 11.3 Å². The van der Waals surface area contributed by atoms with Gasteiger partial charge in [0.15, 0.2) is 5.65 Å². The smallest absolute Gasteiger partial charge is 0.411 e. The van der Waals surface area contributed by atoms with Crippen LogP contribution < -0.4 is 10.6 Å². The number of benzene rings is 1. The van der Waals surface area contributed by atoms with Crippen LogP contribution in [0.2, 0.25) is 0 Å². The fourth-order valence-corrected chi connectivity index (χ4v) is 3.05. The van der Waals surface area contributed by atoms with Crippen molar-refractivity contribution in [2.75, 3.05) is 25.0 Å². The van der Waals surface area contributed by atoms with E-state index in [1.165, 1.54) is 28.7 Å². The van der Waals surface area contributed by atoms with Crippen LogP contribution in [0.4, 0.5) is 10.7 Å². The molecule has 3 aromatic rings. The van der Waals surface area contributed by atoms with Gasteiger partial charge < -0.3 is 15.3 Å². The zero-order valence-corrected chi connectivity index (χ0v) is 16.7. The summed E-state index contributed by atoms with van der Waals surface area (Å²) < 4.78 is 1.52. The molecule has 1 aliphatic carbocycles. The first kappa shape index (κ1) is 20.3. The number of fused-ring (bicyclic) bond motifs is 1. The van der Waals surface area contributed by atoms with Crippen molar-refractivity contribution in [3.63, 3.8) is 0 Å². The predicted octanol–water partition coefficient (Wildman–Crippen LogP) is 2.23. The Bertz CT molecular complexity index is 1120. The highest BCUT2D eigenvalue weighted by atomic mass is 16.4. The van der Waals surface area contributed by atoms with Crippen molar-refractivity contribution in [1.82, 2.24) is 24.8 Å². The molecule has 3 amide bonds. The Morgan fingerprint density at radius 2 is 1.81 bits per heavy atom. The molecule has 0 unspecified atom stereocenters. The first-order chi connectivity index (χ1) is 15.0. The minimum absolute atomic E-state index is 0.0184. The van der Waals surface area contributed by atoms with Crippen LogP contribution >= 0.6 is 0 Å². The summed E-state index contributed by atoms with van der Waals surface area (Å²) in [5.74, 6) is -0.386. The molecule has 1 aromatic carbocycles. The van der Waals surface area contributed by atoms with Gasteiger partial charge in [-0.1, -0.05) is 37.5 Å². The second kappa shape index (κ2) is 8.82. The summed E-state index contributed by atoms with van der Waals surface area (Å²) in [6.45, 7) is 0.978. The fraction of sp³-hybridized carbons (Fsp3) is 0.286. The van der Waals surface area contributed by atoms with Gasteiger partial charge in [-0.15, -0.1) is 5.10 Å². The molecule has 1 saturated carbocycles. The lowest BCUT2D eigenvalue weighted by atomic mass is 10.1. The monoisotopic (exact) mass is 422 g/mol. The molecule has 0 spiro atoms. The molecule has 2 aromatic heterocycles. The van der Waals surface area contributed by atoms with Crippen LogP contribution in [0, 0.1) is 0 Å². The van der Waals surface area contributed by atoms with Gasteiger partial charge in [0.25, 0.3) is 11.9 Å². The van der Waals surface area contributed by atoms with Gasteiger partial charge >= 0.3 is 6.09 Å².